The van der Waals surface area contributed by atoms with Crippen LogP contribution < -0.4 is 10.1 Å². The molecule has 32 heavy (non-hydrogen) atoms. The van der Waals surface area contributed by atoms with Crippen LogP contribution in [0.2, 0.25) is 0 Å². The van der Waals surface area contributed by atoms with Crippen LogP contribution in [0, 0.1) is 20.8 Å². The van der Waals surface area contributed by atoms with Crippen LogP contribution in [-0.2, 0) is 11.4 Å². The molecule has 0 saturated carbocycles. The quantitative estimate of drug-likeness (QED) is 0.383. The maximum absolute atomic E-state index is 12.6. The van der Waals surface area contributed by atoms with E-state index in [1.54, 1.807) is 17.4 Å². The smallest absolute Gasteiger partial charge is 0.248 e. The number of amides is 1. The molecule has 2 aromatic carbocycles. The highest BCUT2D eigenvalue weighted by molar-refractivity contribution is 7.09. The number of rotatable bonds is 7. The Hall–Kier alpha value is -3.71. The van der Waals surface area contributed by atoms with Gasteiger partial charge in [0.15, 0.2) is 0 Å². The van der Waals surface area contributed by atoms with E-state index in [9.17, 15) is 4.79 Å². The second-order valence-corrected chi connectivity index (χ2v) is 8.36. The Kier molecular flexibility index (Phi) is 6.47. The number of hydrogen-bond donors (Lipinski definition) is 1. The zero-order valence-corrected chi connectivity index (χ0v) is 19.0. The molecule has 0 bridgehead atoms. The highest BCUT2D eigenvalue weighted by atomic mass is 32.1. The Bertz CT molecular complexity index is 1260. The highest BCUT2D eigenvalue weighted by Gasteiger charge is 2.14. The lowest BCUT2D eigenvalue weighted by Crippen LogP contribution is -2.09. The Morgan fingerprint density at radius 1 is 1.09 bits per heavy atom. The van der Waals surface area contributed by atoms with E-state index in [1.165, 1.54) is 6.08 Å². The van der Waals surface area contributed by atoms with Crippen molar-refractivity contribution in [1.29, 1.82) is 0 Å². The van der Waals surface area contributed by atoms with Gasteiger partial charge in [0.2, 0.25) is 5.91 Å². The van der Waals surface area contributed by atoms with Crippen LogP contribution in [-0.4, -0.2) is 20.7 Å². The van der Waals surface area contributed by atoms with E-state index < -0.39 is 0 Å². The lowest BCUT2D eigenvalue weighted by molar-refractivity contribution is -0.111. The van der Waals surface area contributed by atoms with Gasteiger partial charge in [-0.1, -0.05) is 36.4 Å². The number of aromatic nitrogens is 3. The Morgan fingerprint density at radius 3 is 2.59 bits per heavy atom. The van der Waals surface area contributed by atoms with Crippen LogP contribution >= 0.6 is 11.3 Å². The molecule has 7 heteroatoms. The summed E-state index contributed by atoms with van der Waals surface area (Å²) in [4.78, 5) is 17.1. The fourth-order valence-corrected chi connectivity index (χ4v) is 3.95. The summed E-state index contributed by atoms with van der Waals surface area (Å²) >= 11 is 1.60. The molecule has 0 aliphatic heterocycles. The maximum atomic E-state index is 12.6. The van der Waals surface area contributed by atoms with Crippen LogP contribution in [0.5, 0.6) is 5.75 Å². The lowest BCUT2D eigenvalue weighted by Gasteiger charge is -2.08. The number of thiazole rings is 1. The summed E-state index contributed by atoms with van der Waals surface area (Å²) in [6.07, 6.45) is 3.26. The molecule has 4 aromatic rings. The minimum atomic E-state index is -0.228. The zero-order valence-electron chi connectivity index (χ0n) is 18.2. The van der Waals surface area contributed by atoms with E-state index in [1.807, 2.05) is 85.4 Å². The number of hydrogen-bond acceptors (Lipinski definition) is 5. The van der Waals surface area contributed by atoms with Crippen molar-refractivity contribution in [2.24, 2.45) is 0 Å². The van der Waals surface area contributed by atoms with Crippen LogP contribution in [0.25, 0.3) is 11.8 Å². The van der Waals surface area contributed by atoms with Crippen LogP contribution in [0.3, 0.4) is 0 Å². The fourth-order valence-electron chi connectivity index (χ4n) is 3.35. The molecule has 2 heterocycles. The summed E-state index contributed by atoms with van der Waals surface area (Å²) in [5.74, 6) is 0.472. The predicted molar refractivity (Wildman–Crippen MR) is 128 cm³/mol. The summed E-state index contributed by atoms with van der Waals surface area (Å²) in [6.45, 7) is 6.18. The summed E-state index contributed by atoms with van der Waals surface area (Å²) in [5, 5.41) is 10.5. The SMILES string of the molecule is Cc1nc(COc2ccccc2/C=C/C(=O)Nc2c(C)nn(-c3ccccc3)c2C)cs1. The van der Waals surface area contributed by atoms with E-state index >= 15 is 0 Å². The highest BCUT2D eigenvalue weighted by Crippen LogP contribution is 2.24. The first-order valence-electron chi connectivity index (χ1n) is 10.2. The number of aryl methyl sites for hydroxylation is 2. The van der Waals surface area contributed by atoms with Gasteiger partial charge in [-0.2, -0.15) is 5.10 Å². The fraction of sp³-hybridized carbons (Fsp3) is 0.160. The number of ether oxygens (including phenoxy) is 1. The first-order chi connectivity index (χ1) is 15.5. The number of carbonyl (C=O) groups is 1. The zero-order chi connectivity index (χ0) is 22.5. The Balaban J connectivity index is 1.46. The molecule has 0 unspecified atom stereocenters. The number of nitrogens with one attached hydrogen (secondary N) is 1. The van der Waals surface area contributed by atoms with Crippen LogP contribution in [0.4, 0.5) is 5.69 Å². The summed E-state index contributed by atoms with van der Waals surface area (Å²) in [5.41, 5.74) is 5.01. The van der Waals surface area contributed by atoms with Crippen molar-refractivity contribution < 1.29 is 9.53 Å². The molecule has 1 N–H and O–H groups in total. The van der Waals surface area contributed by atoms with Gasteiger partial charge in [-0.15, -0.1) is 11.3 Å². The average Bonchev–Trinajstić information content (AvgIpc) is 3.35. The van der Waals surface area contributed by atoms with Gasteiger partial charge in [-0.25, -0.2) is 9.67 Å². The number of benzene rings is 2. The van der Waals surface area contributed by atoms with Gasteiger partial charge in [-0.05, 0) is 45.0 Å². The van der Waals surface area contributed by atoms with E-state index in [-0.39, 0.29) is 5.91 Å². The third-order valence-corrected chi connectivity index (χ3v) is 5.74. The minimum absolute atomic E-state index is 0.228. The lowest BCUT2D eigenvalue weighted by atomic mass is 10.2. The molecular weight excluding hydrogens is 420 g/mol. The Morgan fingerprint density at radius 2 is 1.84 bits per heavy atom. The normalized spacial score (nSPS) is 11.1. The van der Waals surface area contributed by atoms with Gasteiger partial charge >= 0.3 is 0 Å². The molecule has 4 rings (SSSR count). The number of anilines is 1. The van der Waals surface area contributed by atoms with Gasteiger partial charge in [0.25, 0.3) is 0 Å². The van der Waals surface area contributed by atoms with Crippen molar-refractivity contribution in [2.75, 3.05) is 5.32 Å². The van der Waals surface area contributed by atoms with Gasteiger partial charge in [-0.3, -0.25) is 4.79 Å². The number of carbonyl (C=O) groups excluding carboxylic acids is 1. The van der Waals surface area contributed by atoms with Crippen molar-refractivity contribution in [2.45, 2.75) is 27.4 Å². The second kappa shape index (κ2) is 9.62. The van der Waals surface area contributed by atoms with Crippen molar-refractivity contribution in [3.8, 4) is 11.4 Å². The van der Waals surface area contributed by atoms with Gasteiger partial charge in [0.05, 0.1) is 33.5 Å². The molecule has 0 spiro atoms. The maximum Gasteiger partial charge on any atom is 0.248 e. The largest absolute Gasteiger partial charge is 0.487 e. The third-order valence-electron chi connectivity index (χ3n) is 4.92. The first kappa shape index (κ1) is 21.5. The van der Waals surface area contributed by atoms with E-state index in [0.717, 1.165) is 33.3 Å². The standard InChI is InChI=1S/C25H24N4O2S/c1-17-25(18(2)29(28-17)22-10-5-4-6-11-22)27-24(30)14-13-20-9-7-8-12-23(20)31-15-21-16-32-19(3)26-21/h4-14,16H,15H2,1-3H3,(H,27,30)/b14-13+. The van der Waals surface area contributed by atoms with Gasteiger partial charge in [0, 0.05) is 17.0 Å². The van der Waals surface area contributed by atoms with E-state index in [0.29, 0.717) is 18.0 Å². The van der Waals surface area contributed by atoms with Crippen LogP contribution in [0.15, 0.2) is 66.1 Å². The predicted octanol–water partition coefficient (Wildman–Crippen LogP) is 5.48. The third kappa shape index (κ3) is 4.95. The molecule has 162 valence electrons. The topological polar surface area (TPSA) is 69.0 Å². The minimum Gasteiger partial charge on any atom is -0.487 e. The number of para-hydroxylation sites is 2. The number of nitrogens with zero attached hydrogens (tertiary/aromatic N) is 3. The van der Waals surface area contributed by atoms with Gasteiger partial charge in [0.1, 0.15) is 12.4 Å². The molecule has 0 aliphatic rings. The second-order valence-electron chi connectivity index (χ2n) is 7.30. The van der Waals surface area contributed by atoms with Gasteiger partial charge < -0.3 is 10.1 Å². The molecule has 0 saturated heterocycles. The molecule has 2 aromatic heterocycles. The molecule has 1 amide bonds. The molecule has 0 fully saturated rings. The van der Waals surface area contributed by atoms with E-state index in [2.05, 4.69) is 15.4 Å². The van der Waals surface area contributed by atoms with E-state index in [4.69, 9.17) is 4.74 Å². The summed E-state index contributed by atoms with van der Waals surface area (Å²) in [6, 6.07) is 17.5. The molecular formula is C25H24N4O2S. The average molecular weight is 445 g/mol. The summed E-state index contributed by atoms with van der Waals surface area (Å²) < 4.78 is 7.76. The first-order valence-corrected chi connectivity index (χ1v) is 11.1. The molecule has 6 nitrogen and oxygen atoms in total. The molecule has 0 radical (unpaired) electrons. The van der Waals surface area contributed by atoms with Crippen molar-refractivity contribution >= 4 is 29.0 Å². The Labute approximate surface area is 191 Å². The summed E-state index contributed by atoms with van der Waals surface area (Å²) in [7, 11) is 0. The molecule has 0 aliphatic carbocycles. The van der Waals surface area contributed by atoms with Crippen molar-refractivity contribution in [1.82, 2.24) is 14.8 Å². The van der Waals surface area contributed by atoms with Crippen LogP contribution in [0.1, 0.15) is 27.7 Å². The van der Waals surface area contributed by atoms with Crippen molar-refractivity contribution in [3.63, 3.8) is 0 Å². The van der Waals surface area contributed by atoms with Crippen molar-refractivity contribution in [3.05, 3.63) is 93.7 Å². The monoisotopic (exact) mass is 444 g/mol. The molecule has 0 atom stereocenters.